The minimum absolute atomic E-state index is 0.139. The van der Waals surface area contributed by atoms with Crippen LogP contribution in [0.1, 0.15) is 13.3 Å². The Morgan fingerprint density at radius 3 is 2.29 bits per heavy atom. The molecule has 0 aliphatic rings. The lowest BCUT2D eigenvalue weighted by molar-refractivity contribution is -0.119. The van der Waals surface area contributed by atoms with Gasteiger partial charge in [0.15, 0.2) is 0 Å². The maximum atomic E-state index is 11.0. The Morgan fingerprint density at radius 1 is 1.21 bits per heavy atom. The Kier molecular flexibility index (Phi) is 7.45. The van der Waals surface area contributed by atoms with Crippen molar-refractivity contribution in [3.63, 3.8) is 0 Å². The van der Waals surface area contributed by atoms with Crippen molar-refractivity contribution in [1.29, 1.82) is 0 Å². The second kappa shape index (κ2) is 8.25. The molecule has 14 heavy (non-hydrogen) atoms. The van der Waals surface area contributed by atoms with Crippen molar-refractivity contribution in [2.45, 2.75) is 13.3 Å². The fourth-order valence-electron chi connectivity index (χ4n) is 0.661. The third-order valence-corrected chi connectivity index (χ3v) is 1.33. The number of methoxy groups -OCH3 is 1. The topological polar surface area (TPSA) is 67.4 Å². The van der Waals surface area contributed by atoms with E-state index < -0.39 is 0 Å². The molecule has 0 atom stereocenters. The summed E-state index contributed by atoms with van der Waals surface area (Å²) < 4.78 is 4.62. The average molecular weight is 200 g/mol. The molecule has 0 saturated carbocycles. The number of nitrogens with one attached hydrogen (secondary N) is 2. The van der Waals surface area contributed by atoms with Gasteiger partial charge in [-0.25, -0.2) is 0 Å². The van der Waals surface area contributed by atoms with Gasteiger partial charge in [-0.2, -0.15) is 0 Å². The summed E-state index contributed by atoms with van der Waals surface area (Å²) in [7, 11) is 1.47. The molecule has 0 aromatic rings. The van der Waals surface area contributed by atoms with Gasteiger partial charge < -0.3 is 15.4 Å². The Morgan fingerprint density at radius 2 is 1.79 bits per heavy atom. The monoisotopic (exact) mass is 200 g/mol. The molecule has 0 saturated heterocycles. The molecule has 5 heteroatoms. The molecule has 0 rings (SSSR count). The van der Waals surface area contributed by atoms with Crippen LogP contribution in [0.5, 0.6) is 0 Å². The first-order valence-corrected chi connectivity index (χ1v) is 4.43. The molecule has 2 amide bonds. The Labute approximate surface area is 83.5 Å². The van der Waals surface area contributed by atoms with Crippen LogP contribution < -0.4 is 10.6 Å². The van der Waals surface area contributed by atoms with Crippen molar-refractivity contribution in [2.24, 2.45) is 0 Å². The van der Waals surface area contributed by atoms with E-state index in [0.29, 0.717) is 6.54 Å². The molecule has 0 aliphatic heterocycles. The van der Waals surface area contributed by atoms with Crippen LogP contribution in [0.15, 0.2) is 12.2 Å². The van der Waals surface area contributed by atoms with Gasteiger partial charge in [0.05, 0.1) is 0 Å². The van der Waals surface area contributed by atoms with E-state index in [9.17, 15) is 9.59 Å². The summed E-state index contributed by atoms with van der Waals surface area (Å²) in [6.07, 6.45) is 3.24. The lowest BCUT2D eigenvalue weighted by Gasteiger charge is -1.99. The zero-order valence-corrected chi connectivity index (χ0v) is 8.50. The van der Waals surface area contributed by atoms with Gasteiger partial charge in [0.25, 0.3) is 0 Å². The van der Waals surface area contributed by atoms with Crippen molar-refractivity contribution in [3.8, 4) is 0 Å². The highest BCUT2D eigenvalue weighted by Gasteiger charge is 1.96. The predicted molar refractivity (Wildman–Crippen MR) is 52.5 cm³/mol. The molecule has 0 fully saturated rings. The molecule has 80 valence electrons. The largest absolute Gasteiger partial charge is 0.364 e. The molecule has 0 radical (unpaired) electrons. The number of carbonyl (C=O) groups is 2. The van der Waals surface area contributed by atoms with Gasteiger partial charge in [0, 0.05) is 25.8 Å². The van der Waals surface area contributed by atoms with Gasteiger partial charge in [0.2, 0.25) is 11.8 Å². The van der Waals surface area contributed by atoms with E-state index in [1.165, 1.54) is 19.3 Å². The van der Waals surface area contributed by atoms with Crippen LogP contribution in [0.25, 0.3) is 0 Å². The second-order valence-electron chi connectivity index (χ2n) is 2.60. The number of hydrogen-bond acceptors (Lipinski definition) is 3. The van der Waals surface area contributed by atoms with Crippen LogP contribution >= 0.6 is 0 Å². The van der Waals surface area contributed by atoms with Gasteiger partial charge in [0.1, 0.15) is 6.73 Å². The van der Waals surface area contributed by atoms with Crippen LogP contribution in [0.3, 0.4) is 0 Å². The number of ether oxygens (including phenoxy) is 1. The summed E-state index contributed by atoms with van der Waals surface area (Å²) in [5.74, 6) is -0.613. The smallest absolute Gasteiger partial charge is 0.245 e. The summed E-state index contributed by atoms with van der Waals surface area (Å²) >= 11 is 0. The highest BCUT2D eigenvalue weighted by atomic mass is 16.5. The fraction of sp³-hybridized carbons (Fsp3) is 0.556. The molecule has 0 heterocycles. The van der Waals surface area contributed by atoms with Crippen molar-refractivity contribution < 1.29 is 14.3 Å². The molecular weight excluding hydrogens is 184 g/mol. The maximum absolute atomic E-state index is 11.0. The quantitative estimate of drug-likeness (QED) is 0.460. The standard InChI is InChI=1S/C9H16N2O3/c1-3-6-10-8(12)4-5-9(13)11-7-14-2/h4-5H,3,6-7H2,1-2H3,(H,10,12)(H,11,13). The number of hydrogen-bond donors (Lipinski definition) is 2. The SMILES string of the molecule is CCCNC(=O)C=CC(=O)NCOC. The normalized spacial score (nSPS) is 10.1. The average Bonchev–Trinajstić information content (AvgIpc) is 2.20. The van der Waals surface area contributed by atoms with Crippen LogP contribution in [0.2, 0.25) is 0 Å². The van der Waals surface area contributed by atoms with Crippen molar-refractivity contribution >= 4 is 11.8 Å². The minimum atomic E-state index is -0.349. The first kappa shape index (κ1) is 12.6. The minimum Gasteiger partial charge on any atom is -0.364 e. The molecular formula is C9H16N2O3. The Bertz CT molecular complexity index is 192. The van der Waals surface area contributed by atoms with E-state index >= 15 is 0 Å². The zero-order chi connectivity index (χ0) is 10.8. The molecule has 0 aliphatic carbocycles. The van der Waals surface area contributed by atoms with Gasteiger partial charge >= 0.3 is 0 Å². The third-order valence-electron chi connectivity index (χ3n) is 1.33. The van der Waals surface area contributed by atoms with E-state index in [2.05, 4.69) is 15.4 Å². The van der Waals surface area contributed by atoms with E-state index in [4.69, 9.17) is 0 Å². The maximum Gasteiger partial charge on any atom is 0.245 e. The lowest BCUT2D eigenvalue weighted by Crippen LogP contribution is -2.25. The van der Waals surface area contributed by atoms with Crippen LogP contribution in [0, 0.1) is 0 Å². The number of carbonyl (C=O) groups excluding carboxylic acids is 2. The summed E-state index contributed by atoms with van der Waals surface area (Å²) in [5.41, 5.74) is 0. The first-order chi connectivity index (χ1) is 6.70. The Hall–Kier alpha value is -1.36. The van der Waals surface area contributed by atoms with Gasteiger partial charge in [-0.3, -0.25) is 9.59 Å². The van der Waals surface area contributed by atoms with E-state index in [1.807, 2.05) is 6.92 Å². The Balaban J connectivity index is 3.68. The summed E-state index contributed by atoms with van der Waals surface area (Å²) in [4.78, 5) is 21.9. The number of rotatable bonds is 6. The summed E-state index contributed by atoms with van der Waals surface area (Å²) in [5, 5.41) is 5.02. The lowest BCUT2D eigenvalue weighted by atomic mass is 10.4. The van der Waals surface area contributed by atoms with Crippen LogP contribution in [-0.4, -0.2) is 32.2 Å². The molecule has 0 aromatic heterocycles. The van der Waals surface area contributed by atoms with E-state index in [-0.39, 0.29) is 18.5 Å². The molecule has 5 nitrogen and oxygen atoms in total. The van der Waals surface area contributed by atoms with Gasteiger partial charge in [-0.05, 0) is 6.42 Å². The highest BCUT2D eigenvalue weighted by molar-refractivity contribution is 5.96. The first-order valence-electron chi connectivity index (χ1n) is 4.43. The number of amides is 2. The molecule has 0 unspecified atom stereocenters. The zero-order valence-electron chi connectivity index (χ0n) is 8.50. The summed E-state index contributed by atoms with van der Waals surface area (Å²) in [6, 6.07) is 0. The predicted octanol–water partition coefficient (Wildman–Crippen LogP) is -0.211. The van der Waals surface area contributed by atoms with Crippen LogP contribution in [0.4, 0.5) is 0 Å². The summed E-state index contributed by atoms with van der Waals surface area (Å²) in [6.45, 7) is 2.71. The van der Waals surface area contributed by atoms with Gasteiger partial charge in [-0.15, -0.1) is 0 Å². The van der Waals surface area contributed by atoms with E-state index in [1.54, 1.807) is 0 Å². The molecule has 2 N–H and O–H groups in total. The van der Waals surface area contributed by atoms with Crippen molar-refractivity contribution in [3.05, 3.63) is 12.2 Å². The van der Waals surface area contributed by atoms with Crippen molar-refractivity contribution in [2.75, 3.05) is 20.4 Å². The van der Waals surface area contributed by atoms with Gasteiger partial charge in [-0.1, -0.05) is 6.92 Å². The van der Waals surface area contributed by atoms with Crippen LogP contribution in [-0.2, 0) is 14.3 Å². The molecule has 0 aromatic carbocycles. The highest BCUT2D eigenvalue weighted by Crippen LogP contribution is 1.77. The molecule has 0 spiro atoms. The fourth-order valence-corrected chi connectivity index (χ4v) is 0.661. The third kappa shape index (κ3) is 7.30. The van der Waals surface area contributed by atoms with E-state index in [0.717, 1.165) is 6.42 Å². The second-order valence-corrected chi connectivity index (χ2v) is 2.60. The molecule has 0 bridgehead atoms. The van der Waals surface area contributed by atoms with Crippen molar-refractivity contribution in [1.82, 2.24) is 10.6 Å².